The summed E-state index contributed by atoms with van der Waals surface area (Å²) >= 11 is 6.04. The van der Waals surface area contributed by atoms with Crippen molar-refractivity contribution < 1.29 is 27.1 Å². The zero-order valence-corrected chi connectivity index (χ0v) is 18.6. The van der Waals surface area contributed by atoms with Crippen molar-refractivity contribution in [2.75, 3.05) is 7.11 Å². The Balaban J connectivity index is 1.54. The van der Waals surface area contributed by atoms with Crippen molar-refractivity contribution in [2.24, 2.45) is 0 Å². The predicted octanol–water partition coefficient (Wildman–Crippen LogP) is 4.91. The topological polar surface area (TPSA) is 73.1 Å². The van der Waals surface area contributed by atoms with Crippen molar-refractivity contribution in [3.63, 3.8) is 0 Å². The third-order valence-corrected chi connectivity index (χ3v) is 6.66. The van der Waals surface area contributed by atoms with E-state index in [4.69, 9.17) is 16.3 Å². The molecule has 0 saturated carbocycles. The molecule has 2 aromatic heterocycles. The Hall–Kier alpha value is -3.21. The van der Waals surface area contributed by atoms with Crippen molar-refractivity contribution in [2.45, 2.75) is 44.1 Å². The SMILES string of the molecule is COc1cc(-c2nnc3n2CC2CCCC3N2C(=O)c2cccc(C(F)(F)F)c2Cl)ncc1F. The third kappa shape index (κ3) is 3.58. The van der Waals surface area contributed by atoms with Crippen molar-refractivity contribution >= 4 is 17.5 Å². The highest BCUT2D eigenvalue weighted by Gasteiger charge is 2.44. The van der Waals surface area contributed by atoms with Gasteiger partial charge in [-0.05, 0) is 31.4 Å². The first-order valence-corrected chi connectivity index (χ1v) is 10.9. The molecule has 0 radical (unpaired) electrons. The summed E-state index contributed by atoms with van der Waals surface area (Å²) in [5.41, 5.74) is -0.897. The van der Waals surface area contributed by atoms with Crippen molar-refractivity contribution in [1.82, 2.24) is 24.6 Å². The molecule has 0 spiro atoms. The van der Waals surface area contributed by atoms with E-state index in [1.54, 1.807) is 4.90 Å². The summed E-state index contributed by atoms with van der Waals surface area (Å²) in [6, 6.07) is 3.95. The van der Waals surface area contributed by atoms with Crippen molar-refractivity contribution in [3.8, 4) is 17.3 Å². The van der Waals surface area contributed by atoms with Gasteiger partial charge < -0.3 is 14.2 Å². The van der Waals surface area contributed by atoms with E-state index in [0.717, 1.165) is 18.7 Å². The normalized spacial score (nSPS) is 19.6. The van der Waals surface area contributed by atoms with E-state index in [9.17, 15) is 22.4 Å². The molecule has 1 aromatic carbocycles. The van der Waals surface area contributed by atoms with E-state index >= 15 is 0 Å². The monoisotopic (exact) mass is 495 g/mol. The van der Waals surface area contributed by atoms with Crippen LogP contribution in [-0.2, 0) is 12.7 Å². The fourth-order valence-electron chi connectivity index (χ4n) is 4.72. The second-order valence-electron chi connectivity index (χ2n) is 8.17. The number of pyridine rings is 1. The van der Waals surface area contributed by atoms with E-state index in [0.29, 0.717) is 36.7 Å². The smallest absolute Gasteiger partial charge is 0.417 e. The Kier molecular flexibility index (Phi) is 5.46. The number of methoxy groups -OCH3 is 1. The molecular formula is C22H18ClF4N5O2. The minimum atomic E-state index is -4.68. The molecule has 0 N–H and O–H groups in total. The molecule has 2 atom stereocenters. The lowest BCUT2D eigenvalue weighted by Crippen LogP contribution is -2.52. The second kappa shape index (κ2) is 8.23. The molecule has 1 fully saturated rings. The van der Waals surface area contributed by atoms with Crippen LogP contribution in [0.15, 0.2) is 30.5 Å². The lowest BCUT2D eigenvalue weighted by atomic mass is 9.90. The Morgan fingerprint density at radius 3 is 2.76 bits per heavy atom. The highest BCUT2D eigenvalue weighted by Crippen LogP contribution is 2.43. The van der Waals surface area contributed by atoms with Crippen LogP contribution >= 0.6 is 11.6 Å². The first kappa shape index (κ1) is 22.6. The Labute approximate surface area is 196 Å². The first-order chi connectivity index (χ1) is 16.2. The van der Waals surface area contributed by atoms with Crippen LogP contribution in [0.4, 0.5) is 17.6 Å². The zero-order chi connectivity index (χ0) is 24.2. The number of piperidine rings is 1. The van der Waals surface area contributed by atoms with Crippen LogP contribution in [0.25, 0.3) is 11.5 Å². The van der Waals surface area contributed by atoms with Crippen LogP contribution in [-0.4, -0.2) is 43.7 Å². The Morgan fingerprint density at radius 2 is 2.03 bits per heavy atom. The molecule has 7 nitrogen and oxygen atoms in total. The number of halogens is 5. The Bertz CT molecular complexity index is 1280. The lowest BCUT2D eigenvalue weighted by molar-refractivity contribution is -0.137. The molecule has 2 aliphatic rings. The highest BCUT2D eigenvalue weighted by molar-refractivity contribution is 6.34. The number of hydrogen-bond acceptors (Lipinski definition) is 5. The van der Waals surface area contributed by atoms with Gasteiger partial charge in [-0.25, -0.2) is 9.37 Å². The van der Waals surface area contributed by atoms with E-state index in [2.05, 4.69) is 15.2 Å². The number of aromatic nitrogens is 4. The number of hydrogen-bond donors (Lipinski definition) is 0. The number of alkyl halides is 3. The number of benzene rings is 1. The largest absolute Gasteiger partial charge is 0.494 e. The number of nitrogens with zero attached hydrogens (tertiary/aromatic N) is 5. The Morgan fingerprint density at radius 1 is 1.24 bits per heavy atom. The van der Waals surface area contributed by atoms with Gasteiger partial charge in [0, 0.05) is 12.6 Å². The van der Waals surface area contributed by atoms with Gasteiger partial charge in [0.05, 0.1) is 41.5 Å². The molecule has 1 amide bonds. The molecule has 0 aliphatic carbocycles. The quantitative estimate of drug-likeness (QED) is 0.483. The van der Waals surface area contributed by atoms with Crippen molar-refractivity contribution in [3.05, 3.63) is 58.3 Å². The summed E-state index contributed by atoms with van der Waals surface area (Å²) in [5, 5.41) is 7.88. The van der Waals surface area contributed by atoms with Gasteiger partial charge in [-0.1, -0.05) is 17.7 Å². The van der Waals surface area contributed by atoms with E-state index < -0.39 is 34.5 Å². The van der Waals surface area contributed by atoms with Gasteiger partial charge >= 0.3 is 6.18 Å². The van der Waals surface area contributed by atoms with E-state index in [1.807, 2.05) is 4.57 Å². The molecular weight excluding hydrogens is 478 g/mol. The number of fused-ring (bicyclic) bond motifs is 4. The second-order valence-corrected chi connectivity index (χ2v) is 8.55. The van der Waals surface area contributed by atoms with E-state index in [1.165, 1.54) is 25.3 Å². The van der Waals surface area contributed by atoms with Gasteiger partial charge in [0.1, 0.15) is 5.69 Å². The van der Waals surface area contributed by atoms with Crippen molar-refractivity contribution in [1.29, 1.82) is 0 Å². The number of carbonyl (C=O) groups excluding carboxylic acids is 1. The van der Waals surface area contributed by atoms with Gasteiger partial charge in [-0.2, -0.15) is 13.2 Å². The molecule has 1 saturated heterocycles. The fraction of sp³-hybridized carbons (Fsp3) is 0.364. The average Bonchev–Trinajstić information content (AvgIpc) is 3.21. The molecule has 5 rings (SSSR count). The van der Waals surface area contributed by atoms with Gasteiger partial charge in [-0.15, -0.1) is 10.2 Å². The van der Waals surface area contributed by atoms with Crippen LogP contribution in [0.1, 0.15) is 47.1 Å². The third-order valence-electron chi connectivity index (χ3n) is 6.25. The molecule has 178 valence electrons. The summed E-state index contributed by atoms with van der Waals surface area (Å²) < 4.78 is 60.7. The highest BCUT2D eigenvalue weighted by atomic mass is 35.5. The number of amides is 1. The maximum Gasteiger partial charge on any atom is 0.417 e. The summed E-state index contributed by atoms with van der Waals surface area (Å²) in [6.07, 6.45) is -1.61. The minimum absolute atomic E-state index is 0.00865. The van der Waals surface area contributed by atoms with Crippen LogP contribution in [0.3, 0.4) is 0 Å². The minimum Gasteiger partial charge on any atom is -0.494 e. The maximum absolute atomic E-state index is 13.8. The summed E-state index contributed by atoms with van der Waals surface area (Å²) in [5.74, 6) is -0.296. The van der Waals surface area contributed by atoms with Crippen LogP contribution in [0.2, 0.25) is 5.02 Å². The summed E-state index contributed by atoms with van der Waals surface area (Å²) in [7, 11) is 1.34. The molecule has 2 unspecified atom stereocenters. The van der Waals surface area contributed by atoms with Gasteiger partial charge in [0.15, 0.2) is 23.2 Å². The fourth-order valence-corrected chi connectivity index (χ4v) is 5.03. The molecule has 4 heterocycles. The molecule has 2 bridgehead atoms. The molecule has 3 aromatic rings. The molecule has 2 aliphatic heterocycles. The number of carbonyl (C=O) groups is 1. The van der Waals surface area contributed by atoms with Crippen LogP contribution in [0.5, 0.6) is 5.75 Å². The van der Waals surface area contributed by atoms with Gasteiger partial charge in [-0.3, -0.25) is 4.79 Å². The van der Waals surface area contributed by atoms with Gasteiger partial charge in [0.2, 0.25) is 0 Å². The summed E-state index contributed by atoms with van der Waals surface area (Å²) in [6.45, 7) is 0.317. The average molecular weight is 496 g/mol. The van der Waals surface area contributed by atoms with Crippen LogP contribution in [0, 0.1) is 5.82 Å². The first-order valence-electron chi connectivity index (χ1n) is 10.5. The molecule has 34 heavy (non-hydrogen) atoms. The van der Waals surface area contributed by atoms with E-state index in [-0.39, 0.29) is 17.4 Å². The molecule has 12 heteroatoms. The maximum atomic E-state index is 13.8. The lowest BCUT2D eigenvalue weighted by Gasteiger charge is -2.45. The number of rotatable bonds is 3. The number of ether oxygens (including phenoxy) is 1. The zero-order valence-electron chi connectivity index (χ0n) is 17.8. The van der Waals surface area contributed by atoms with Gasteiger partial charge in [0.25, 0.3) is 5.91 Å². The predicted molar refractivity (Wildman–Crippen MR) is 113 cm³/mol. The van der Waals surface area contributed by atoms with Crippen LogP contribution < -0.4 is 4.74 Å². The standard InChI is InChI=1S/C22H18ClF4N5O2/c1-34-17-8-15(28-9-14(17)24)19-29-30-20-16-7-2-4-11(10-31(19)20)32(16)21(33)12-5-3-6-13(18(12)23)22(25,26)27/h3,5-6,8-9,11,16H,2,4,7,10H2,1H3. The summed E-state index contributed by atoms with van der Waals surface area (Å²) in [4.78, 5) is 19.1.